The second-order valence-electron chi connectivity index (χ2n) is 6.02. The third-order valence-electron chi connectivity index (χ3n) is 3.89. The molecule has 1 amide bonds. The lowest BCUT2D eigenvalue weighted by atomic mass is 10.1. The van der Waals surface area contributed by atoms with E-state index in [1.54, 1.807) is 6.92 Å². The first-order valence-electron chi connectivity index (χ1n) is 9.22. The average molecular weight is 454 g/mol. The third-order valence-corrected chi connectivity index (χ3v) is 4.51. The van der Waals surface area contributed by atoms with Crippen LogP contribution in [0, 0.1) is 5.82 Å². The summed E-state index contributed by atoms with van der Waals surface area (Å²) in [5, 5.41) is 2.85. The standard InChI is InChI=1S/C21H25BrFNO4/c1-4-26-19-8-6-15(12-20(19)27-5-2)10-11-24-21(25)14(3)28-18-9-7-16(23)13-17(18)22/h6-9,12-14H,4-5,10-11H2,1-3H3,(H,24,25). The molecule has 0 bridgehead atoms. The van der Waals surface area contributed by atoms with Gasteiger partial charge in [-0.3, -0.25) is 4.79 Å². The van der Waals surface area contributed by atoms with E-state index in [-0.39, 0.29) is 11.7 Å². The molecule has 2 rings (SSSR count). The van der Waals surface area contributed by atoms with Gasteiger partial charge in [0.2, 0.25) is 0 Å². The second-order valence-corrected chi connectivity index (χ2v) is 6.88. The predicted molar refractivity (Wildman–Crippen MR) is 110 cm³/mol. The molecule has 0 spiro atoms. The largest absolute Gasteiger partial charge is 0.490 e. The van der Waals surface area contributed by atoms with Gasteiger partial charge >= 0.3 is 0 Å². The maximum atomic E-state index is 13.1. The maximum absolute atomic E-state index is 13.1. The topological polar surface area (TPSA) is 56.8 Å². The van der Waals surface area contributed by atoms with Crippen LogP contribution < -0.4 is 19.5 Å². The van der Waals surface area contributed by atoms with E-state index in [2.05, 4.69) is 21.2 Å². The van der Waals surface area contributed by atoms with Crippen molar-refractivity contribution in [3.8, 4) is 17.2 Å². The Bertz CT molecular complexity index is 800. The number of amides is 1. The molecular weight excluding hydrogens is 429 g/mol. The van der Waals surface area contributed by atoms with E-state index in [4.69, 9.17) is 14.2 Å². The first-order chi connectivity index (χ1) is 13.4. The molecular formula is C21H25BrFNO4. The third kappa shape index (κ3) is 6.41. The first kappa shape index (κ1) is 22.0. The van der Waals surface area contributed by atoms with Gasteiger partial charge in [-0.1, -0.05) is 6.07 Å². The molecule has 1 atom stereocenters. The lowest BCUT2D eigenvalue weighted by Gasteiger charge is -2.16. The number of benzene rings is 2. The van der Waals surface area contributed by atoms with Gasteiger partial charge in [0.05, 0.1) is 17.7 Å². The molecule has 1 unspecified atom stereocenters. The number of ether oxygens (including phenoxy) is 3. The lowest BCUT2D eigenvalue weighted by Crippen LogP contribution is -2.37. The molecule has 0 saturated carbocycles. The summed E-state index contributed by atoms with van der Waals surface area (Å²) in [6.45, 7) is 7.06. The van der Waals surface area contributed by atoms with Crippen molar-refractivity contribution in [1.29, 1.82) is 0 Å². The molecule has 0 heterocycles. The highest BCUT2D eigenvalue weighted by Crippen LogP contribution is 2.29. The Morgan fingerprint density at radius 3 is 2.43 bits per heavy atom. The van der Waals surface area contributed by atoms with Crippen LogP contribution in [0.15, 0.2) is 40.9 Å². The quantitative estimate of drug-likeness (QED) is 0.574. The van der Waals surface area contributed by atoms with E-state index in [0.717, 1.165) is 5.56 Å². The summed E-state index contributed by atoms with van der Waals surface area (Å²) < 4.78 is 30.4. The summed E-state index contributed by atoms with van der Waals surface area (Å²) in [7, 11) is 0. The van der Waals surface area contributed by atoms with Crippen molar-refractivity contribution in [2.24, 2.45) is 0 Å². The summed E-state index contributed by atoms with van der Waals surface area (Å²) in [6.07, 6.45) is -0.0633. The summed E-state index contributed by atoms with van der Waals surface area (Å²) in [5.41, 5.74) is 1.03. The van der Waals surface area contributed by atoms with Crippen LogP contribution in [-0.4, -0.2) is 31.8 Å². The Balaban J connectivity index is 1.87. The molecule has 0 aliphatic heterocycles. The summed E-state index contributed by atoms with van der Waals surface area (Å²) in [5.74, 6) is 1.21. The molecule has 7 heteroatoms. The number of carbonyl (C=O) groups excluding carboxylic acids is 1. The lowest BCUT2D eigenvalue weighted by molar-refractivity contribution is -0.127. The minimum absolute atomic E-state index is 0.243. The molecule has 2 aromatic carbocycles. The number of rotatable bonds is 10. The fourth-order valence-corrected chi connectivity index (χ4v) is 2.98. The monoisotopic (exact) mass is 453 g/mol. The maximum Gasteiger partial charge on any atom is 0.260 e. The fraction of sp³-hybridized carbons (Fsp3) is 0.381. The fourth-order valence-electron chi connectivity index (χ4n) is 2.54. The van der Waals surface area contributed by atoms with Crippen LogP contribution in [0.1, 0.15) is 26.3 Å². The second kappa shape index (κ2) is 10.9. The van der Waals surface area contributed by atoms with Crippen molar-refractivity contribution >= 4 is 21.8 Å². The molecule has 152 valence electrons. The molecule has 0 fully saturated rings. The van der Waals surface area contributed by atoms with Gasteiger partial charge in [-0.2, -0.15) is 0 Å². The molecule has 0 radical (unpaired) electrons. The van der Waals surface area contributed by atoms with Gasteiger partial charge in [0.15, 0.2) is 17.6 Å². The molecule has 0 saturated heterocycles. The zero-order valence-electron chi connectivity index (χ0n) is 16.3. The molecule has 0 aliphatic carbocycles. The molecule has 0 aliphatic rings. The van der Waals surface area contributed by atoms with Gasteiger partial charge < -0.3 is 19.5 Å². The smallest absolute Gasteiger partial charge is 0.260 e. The van der Waals surface area contributed by atoms with Crippen LogP contribution in [-0.2, 0) is 11.2 Å². The van der Waals surface area contributed by atoms with Crippen molar-refractivity contribution in [2.75, 3.05) is 19.8 Å². The summed E-state index contributed by atoms with van der Waals surface area (Å²) in [6, 6.07) is 9.82. The number of nitrogens with one attached hydrogen (secondary N) is 1. The van der Waals surface area contributed by atoms with Gasteiger partial charge in [0, 0.05) is 6.54 Å². The van der Waals surface area contributed by atoms with E-state index in [0.29, 0.717) is 47.9 Å². The van der Waals surface area contributed by atoms with Crippen LogP contribution in [0.4, 0.5) is 4.39 Å². The number of halogens is 2. The SMILES string of the molecule is CCOc1ccc(CCNC(=O)C(C)Oc2ccc(F)cc2Br)cc1OCC. The van der Waals surface area contributed by atoms with Crippen LogP contribution in [0.2, 0.25) is 0 Å². The van der Waals surface area contributed by atoms with Gasteiger partial charge in [-0.25, -0.2) is 4.39 Å². The van der Waals surface area contributed by atoms with Gasteiger partial charge in [0.25, 0.3) is 5.91 Å². The Morgan fingerprint density at radius 1 is 1.07 bits per heavy atom. The summed E-state index contributed by atoms with van der Waals surface area (Å²) in [4.78, 5) is 12.3. The van der Waals surface area contributed by atoms with Crippen molar-refractivity contribution in [3.63, 3.8) is 0 Å². The van der Waals surface area contributed by atoms with Gasteiger partial charge in [-0.05, 0) is 79.0 Å². The zero-order valence-corrected chi connectivity index (χ0v) is 17.8. The van der Waals surface area contributed by atoms with E-state index in [1.165, 1.54) is 18.2 Å². The Kier molecular flexibility index (Phi) is 8.57. The van der Waals surface area contributed by atoms with E-state index in [9.17, 15) is 9.18 Å². The van der Waals surface area contributed by atoms with Crippen LogP contribution in [0.3, 0.4) is 0 Å². The van der Waals surface area contributed by atoms with Crippen molar-refractivity contribution < 1.29 is 23.4 Å². The highest BCUT2D eigenvalue weighted by atomic mass is 79.9. The zero-order chi connectivity index (χ0) is 20.5. The van der Waals surface area contributed by atoms with Gasteiger partial charge in [-0.15, -0.1) is 0 Å². The molecule has 28 heavy (non-hydrogen) atoms. The first-order valence-corrected chi connectivity index (χ1v) is 10.0. The van der Waals surface area contributed by atoms with Crippen LogP contribution in [0.25, 0.3) is 0 Å². The highest BCUT2D eigenvalue weighted by Gasteiger charge is 2.16. The van der Waals surface area contributed by atoms with Gasteiger partial charge in [0.1, 0.15) is 11.6 Å². The number of carbonyl (C=O) groups is 1. The normalized spacial score (nSPS) is 11.6. The number of hydrogen-bond donors (Lipinski definition) is 1. The Morgan fingerprint density at radius 2 is 1.75 bits per heavy atom. The minimum Gasteiger partial charge on any atom is -0.490 e. The molecule has 2 aromatic rings. The van der Waals surface area contributed by atoms with Crippen LogP contribution in [0.5, 0.6) is 17.2 Å². The Hall–Kier alpha value is -2.28. The molecule has 5 nitrogen and oxygen atoms in total. The molecule has 0 aromatic heterocycles. The van der Waals surface area contributed by atoms with E-state index < -0.39 is 6.10 Å². The average Bonchev–Trinajstić information content (AvgIpc) is 2.66. The predicted octanol–water partition coefficient (Wildman–Crippen LogP) is 4.51. The minimum atomic E-state index is -0.707. The van der Waals surface area contributed by atoms with Crippen molar-refractivity contribution in [1.82, 2.24) is 5.32 Å². The molecule has 1 N–H and O–H groups in total. The Labute approximate surface area is 173 Å². The number of hydrogen-bond acceptors (Lipinski definition) is 4. The van der Waals surface area contributed by atoms with E-state index >= 15 is 0 Å². The van der Waals surface area contributed by atoms with Crippen molar-refractivity contribution in [3.05, 3.63) is 52.3 Å². The van der Waals surface area contributed by atoms with E-state index in [1.807, 2.05) is 32.0 Å². The summed E-state index contributed by atoms with van der Waals surface area (Å²) >= 11 is 3.23. The highest BCUT2D eigenvalue weighted by molar-refractivity contribution is 9.10. The van der Waals surface area contributed by atoms with Crippen molar-refractivity contribution in [2.45, 2.75) is 33.3 Å². The van der Waals surface area contributed by atoms with Crippen LogP contribution >= 0.6 is 15.9 Å².